The summed E-state index contributed by atoms with van der Waals surface area (Å²) in [6, 6.07) is 1.20. The lowest BCUT2D eigenvalue weighted by Crippen LogP contribution is -2.52. The molecule has 3 aliphatic rings. The van der Waals surface area contributed by atoms with E-state index in [2.05, 4.69) is 17.6 Å². The average Bonchev–Trinajstić information content (AvgIpc) is 2.80. The van der Waals surface area contributed by atoms with E-state index < -0.39 is 5.91 Å². The van der Waals surface area contributed by atoms with Gasteiger partial charge in [0.15, 0.2) is 0 Å². The molecular formula is C16H25N3O2. The molecule has 2 atom stereocenters. The van der Waals surface area contributed by atoms with Crippen LogP contribution < -0.4 is 10.6 Å². The van der Waals surface area contributed by atoms with Crippen molar-refractivity contribution in [1.29, 1.82) is 0 Å². The van der Waals surface area contributed by atoms with Crippen molar-refractivity contribution >= 4 is 11.8 Å². The van der Waals surface area contributed by atoms with Crippen LogP contribution in [0.5, 0.6) is 0 Å². The minimum atomic E-state index is -0.423. The van der Waals surface area contributed by atoms with E-state index in [0.29, 0.717) is 25.2 Å². The van der Waals surface area contributed by atoms with Crippen LogP contribution in [-0.2, 0) is 9.59 Å². The SMILES string of the molecule is CC1=C(C)CN(C(=O)C(=O)NC2CC3CCC(C2)N3)CC1. The zero-order valence-corrected chi connectivity index (χ0v) is 12.9. The Bertz CT molecular complexity index is 474. The van der Waals surface area contributed by atoms with Gasteiger partial charge >= 0.3 is 11.8 Å². The highest BCUT2D eigenvalue weighted by atomic mass is 16.2. The first kappa shape index (κ1) is 14.6. The van der Waals surface area contributed by atoms with Crippen LogP contribution in [0.15, 0.2) is 11.1 Å². The number of rotatable bonds is 1. The summed E-state index contributed by atoms with van der Waals surface area (Å²) < 4.78 is 0. The summed E-state index contributed by atoms with van der Waals surface area (Å²) in [4.78, 5) is 26.1. The molecule has 0 aromatic rings. The number of nitrogens with zero attached hydrogens (tertiary/aromatic N) is 1. The number of amides is 2. The lowest BCUT2D eigenvalue weighted by Gasteiger charge is -2.31. The summed E-state index contributed by atoms with van der Waals surface area (Å²) >= 11 is 0. The van der Waals surface area contributed by atoms with E-state index in [4.69, 9.17) is 0 Å². The van der Waals surface area contributed by atoms with Crippen LogP contribution in [0.3, 0.4) is 0 Å². The highest BCUT2D eigenvalue weighted by molar-refractivity contribution is 6.35. The van der Waals surface area contributed by atoms with E-state index >= 15 is 0 Å². The van der Waals surface area contributed by atoms with E-state index in [9.17, 15) is 9.59 Å². The third-order valence-electron chi connectivity index (χ3n) is 5.20. The van der Waals surface area contributed by atoms with Gasteiger partial charge in [-0.25, -0.2) is 0 Å². The molecule has 5 nitrogen and oxygen atoms in total. The Morgan fingerprint density at radius 2 is 1.81 bits per heavy atom. The number of fused-ring (bicyclic) bond motifs is 2. The summed E-state index contributed by atoms with van der Waals surface area (Å²) in [5.41, 5.74) is 2.55. The number of piperidine rings is 1. The molecule has 0 aromatic carbocycles. The number of carbonyl (C=O) groups is 2. The third kappa shape index (κ3) is 3.12. The summed E-state index contributed by atoms with van der Waals surface area (Å²) in [6.07, 6.45) is 5.17. The molecule has 116 valence electrons. The molecule has 2 amide bonds. The zero-order valence-electron chi connectivity index (χ0n) is 12.9. The monoisotopic (exact) mass is 291 g/mol. The van der Waals surface area contributed by atoms with Gasteiger partial charge < -0.3 is 15.5 Å². The van der Waals surface area contributed by atoms with Crippen molar-refractivity contribution in [3.8, 4) is 0 Å². The first-order valence-electron chi connectivity index (χ1n) is 8.04. The Kier molecular flexibility index (Phi) is 4.02. The molecule has 0 spiro atoms. The third-order valence-corrected chi connectivity index (χ3v) is 5.20. The van der Waals surface area contributed by atoms with Crippen LogP contribution in [0.4, 0.5) is 0 Å². The Morgan fingerprint density at radius 3 is 2.43 bits per heavy atom. The summed E-state index contributed by atoms with van der Waals surface area (Å²) in [5.74, 6) is -0.790. The molecule has 2 N–H and O–H groups in total. The molecule has 2 saturated heterocycles. The van der Waals surface area contributed by atoms with Crippen LogP contribution in [0.25, 0.3) is 0 Å². The Hall–Kier alpha value is -1.36. The van der Waals surface area contributed by atoms with Crippen molar-refractivity contribution in [2.75, 3.05) is 13.1 Å². The van der Waals surface area contributed by atoms with Crippen molar-refractivity contribution in [2.45, 2.75) is 64.1 Å². The normalized spacial score (nSPS) is 32.3. The smallest absolute Gasteiger partial charge is 0.312 e. The number of carbonyl (C=O) groups excluding carboxylic acids is 2. The van der Waals surface area contributed by atoms with Gasteiger partial charge in [-0.3, -0.25) is 9.59 Å². The predicted octanol–water partition coefficient (Wildman–Crippen LogP) is 0.954. The van der Waals surface area contributed by atoms with Gasteiger partial charge in [-0.1, -0.05) is 11.1 Å². The fourth-order valence-electron chi connectivity index (χ4n) is 3.76. The number of nitrogens with one attached hydrogen (secondary N) is 2. The van der Waals surface area contributed by atoms with Gasteiger partial charge in [-0.2, -0.15) is 0 Å². The van der Waals surface area contributed by atoms with Crippen LogP contribution in [0, 0.1) is 0 Å². The Balaban J connectivity index is 1.54. The second kappa shape index (κ2) is 5.79. The minimum absolute atomic E-state index is 0.156. The van der Waals surface area contributed by atoms with Gasteiger partial charge in [0.25, 0.3) is 0 Å². The molecule has 3 heterocycles. The summed E-state index contributed by atoms with van der Waals surface area (Å²) in [7, 11) is 0. The first-order chi connectivity index (χ1) is 10.0. The van der Waals surface area contributed by atoms with Gasteiger partial charge in [-0.15, -0.1) is 0 Å². The second-order valence-electron chi connectivity index (χ2n) is 6.82. The maximum atomic E-state index is 12.3. The molecule has 3 rings (SSSR count). The lowest BCUT2D eigenvalue weighted by molar-refractivity contribution is -0.146. The van der Waals surface area contributed by atoms with E-state index in [0.717, 1.165) is 19.3 Å². The number of hydrogen-bond donors (Lipinski definition) is 2. The van der Waals surface area contributed by atoms with Crippen LogP contribution in [0.1, 0.15) is 46.0 Å². The van der Waals surface area contributed by atoms with Gasteiger partial charge in [0, 0.05) is 31.2 Å². The van der Waals surface area contributed by atoms with E-state index in [1.807, 2.05) is 6.92 Å². The molecule has 2 fully saturated rings. The molecule has 0 radical (unpaired) electrons. The Morgan fingerprint density at radius 1 is 1.14 bits per heavy atom. The second-order valence-corrected chi connectivity index (χ2v) is 6.82. The fourth-order valence-corrected chi connectivity index (χ4v) is 3.76. The molecule has 2 unspecified atom stereocenters. The molecule has 5 heteroatoms. The predicted molar refractivity (Wildman–Crippen MR) is 80.7 cm³/mol. The summed E-state index contributed by atoms with van der Waals surface area (Å²) in [6.45, 7) is 5.39. The molecule has 21 heavy (non-hydrogen) atoms. The molecule has 0 aliphatic carbocycles. The largest absolute Gasteiger partial charge is 0.345 e. The van der Waals surface area contributed by atoms with Gasteiger partial charge in [0.05, 0.1) is 0 Å². The van der Waals surface area contributed by atoms with Gasteiger partial charge in [-0.05, 0) is 46.0 Å². The number of hydrogen-bond acceptors (Lipinski definition) is 3. The maximum Gasteiger partial charge on any atom is 0.312 e. The fraction of sp³-hybridized carbons (Fsp3) is 0.750. The zero-order chi connectivity index (χ0) is 15.0. The van der Waals surface area contributed by atoms with E-state index in [1.165, 1.54) is 24.0 Å². The maximum absolute atomic E-state index is 12.3. The Labute approximate surface area is 126 Å². The van der Waals surface area contributed by atoms with Crippen molar-refractivity contribution in [3.05, 3.63) is 11.1 Å². The van der Waals surface area contributed by atoms with Crippen molar-refractivity contribution in [2.24, 2.45) is 0 Å². The topological polar surface area (TPSA) is 61.4 Å². The molecular weight excluding hydrogens is 266 g/mol. The van der Waals surface area contributed by atoms with Crippen LogP contribution in [0.2, 0.25) is 0 Å². The highest BCUT2D eigenvalue weighted by Crippen LogP contribution is 2.26. The molecule has 3 aliphatic heterocycles. The summed E-state index contributed by atoms with van der Waals surface area (Å²) in [5, 5.41) is 6.50. The van der Waals surface area contributed by atoms with Crippen molar-refractivity contribution in [3.63, 3.8) is 0 Å². The first-order valence-corrected chi connectivity index (χ1v) is 8.04. The van der Waals surface area contributed by atoms with E-state index in [-0.39, 0.29) is 11.9 Å². The van der Waals surface area contributed by atoms with Gasteiger partial charge in [0.2, 0.25) is 0 Å². The van der Waals surface area contributed by atoms with Crippen LogP contribution in [-0.4, -0.2) is 47.9 Å². The van der Waals surface area contributed by atoms with Crippen molar-refractivity contribution in [1.82, 2.24) is 15.5 Å². The average molecular weight is 291 g/mol. The lowest BCUT2D eigenvalue weighted by atomic mass is 9.99. The molecule has 0 aromatic heterocycles. The quantitative estimate of drug-likeness (QED) is 0.559. The van der Waals surface area contributed by atoms with E-state index in [1.54, 1.807) is 4.90 Å². The minimum Gasteiger partial charge on any atom is -0.345 e. The highest BCUT2D eigenvalue weighted by Gasteiger charge is 2.35. The molecule has 0 saturated carbocycles. The standard InChI is InChI=1S/C16H25N3O2/c1-10-5-6-19(9-11(10)2)16(21)15(20)18-14-7-12-3-4-13(8-14)17-12/h12-14,17H,3-9H2,1-2H3,(H,18,20). The van der Waals surface area contributed by atoms with Gasteiger partial charge in [0.1, 0.15) is 0 Å². The van der Waals surface area contributed by atoms with Crippen LogP contribution >= 0.6 is 0 Å². The molecule has 2 bridgehead atoms. The van der Waals surface area contributed by atoms with Crippen molar-refractivity contribution < 1.29 is 9.59 Å².